The van der Waals surface area contributed by atoms with E-state index in [1.807, 2.05) is 0 Å². The maximum atomic E-state index is 12.7. The molecule has 0 saturated heterocycles. The maximum absolute atomic E-state index is 12.7. The predicted molar refractivity (Wildman–Crippen MR) is 109 cm³/mol. The number of hydrogen-bond donors (Lipinski definition) is 3. The molecule has 0 radical (unpaired) electrons. The first-order valence-corrected chi connectivity index (χ1v) is 11.4. The van der Waals surface area contributed by atoms with Crippen molar-refractivity contribution < 1.29 is 48.4 Å². The Morgan fingerprint density at radius 1 is 1.06 bits per heavy atom. The maximum Gasteiger partial charge on any atom is 0.303 e. The Bertz CT molecular complexity index is 1500. The summed E-state index contributed by atoms with van der Waals surface area (Å²) in [5, 5.41) is 17.9. The quantitative estimate of drug-likeness (QED) is 0.250. The van der Waals surface area contributed by atoms with Crippen molar-refractivity contribution in [2.45, 2.75) is 16.7 Å². The van der Waals surface area contributed by atoms with Gasteiger partial charge in [0.2, 0.25) is 0 Å². The van der Waals surface area contributed by atoms with Crippen molar-refractivity contribution in [2.75, 3.05) is 0 Å². The van der Waals surface area contributed by atoms with Crippen LogP contribution in [0.2, 0.25) is 5.02 Å². The number of rotatable bonds is 5. The van der Waals surface area contributed by atoms with Crippen LogP contribution in [-0.4, -0.2) is 40.8 Å². The molecule has 0 atom stereocenters. The second-order valence-electron chi connectivity index (χ2n) is 6.17. The zero-order valence-corrected chi connectivity index (χ0v) is 19.5. The van der Waals surface area contributed by atoms with Gasteiger partial charge in [0, 0.05) is 22.4 Å². The largest absolute Gasteiger partial charge is 0.591 e. The van der Waals surface area contributed by atoms with Gasteiger partial charge in [0.15, 0.2) is 16.3 Å². The number of nitrogens with zero attached hydrogens (tertiary/aromatic N) is 3. The van der Waals surface area contributed by atoms with E-state index in [4.69, 9.17) is 16.7 Å². The van der Waals surface area contributed by atoms with Gasteiger partial charge in [-0.25, -0.2) is 4.68 Å². The molecule has 170 valence electrons. The van der Waals surface area contributed by atoms with E-state index in [0.717, 1.165) is 28.9 Å². The van der Waals surface area contributed by atoms with Crippen LogP contribution >= 0.6 is 11.6 Å². The Morgan fingerprint density at radius 2 is 1.72 bits per heavy atom. The Kier molecular flexibility index (Phi) is 7.37. The van der Waals surface area contributed by atoms with E-state index in [-0.39, 0.29) is 45.1 Å². The van der Waals surface area contributed by atoms with Crippen LogP contribution in [0.1, 0.15) is 5.69 Å². The Morgan fingerprint density at radius 3 is 2.31 bits per heavy atom. The summed E-state index contributed by atoms with van der Waals surface area (Å²) in [6.07, 6.45) is 0. The molecule has 0 unspecified atom stereocenters. The average Bonchev–Trinajstić information content (AvgIpc) is 2.94. The molecule has 0 fully saturated rings. The average molecular weight is 542 g/mol. The summed E-state index contributed by atoms with van der Waals surface area (Å²) in [5.74, 6) is -0.676. The van der Waals surface area contributed by atoms with Gasteiger partial charge < -0.3 is 5.11 Å². The van der Waals surface area contributed by atoms with Crippen LogP contribution in [-0.2, 0) is 37.6 Å². The molecule has 1 aromatic heterocycles. The van der Waals surface area contributed by atoms with Crippen molar-refractivity contribution >= 4 is 43.2 Å². The molecular formula is C16H14ClCrN4O8S2+. The molecule has 0 spiro atoms. The van der Waals surface area contributed by atoms with Crippen LogP contribution in [0.4, 0.5) is 11.4 Å². The number of H-pyrrole nitrogens is 1. The van der Waals surface area contributed by atoms with Crippen molar-refractivity contribution in [2.24, 2.45) is 10.2 Å². The summed E-state index contributed by atoms with van der Waals surface area (Å²) in [7, 11) is -9.24. The Hall–Kier alpha value is -2.51. The number of aryl methyl sites for hydroxylation is 1. The van der Waals surface area contributed by atoms with E-state index in [0.29, 0.717) is 0 Å². The van der Waals surface area contributed by atoms with Gasteiger partial charge in [0.05, 0.1) is 16.3 Å². The summed E-state index contributed by atoms with van der Waals surface area (Å²) in [6, 6.07) is 6.92. The summed E-state index contributed by atoms with van der Waals surface area (Å²) in [4.78, 5) is 11.5. The second kappa shape index (κ2) is 9.16. The van der Waals surface area contributed by atoms with E-state index in [9.17, 15) is 30.7 Å². The number of halogens is 1. The first-order valence-electron chi connectivity index (χ1n) is 8.13. The van der Waals surface area contributed by atoms with Crippen LogP contribution in [0.5, 0.6) is 5.75 Å². The van der Waals surface area contributed by atoms with Crippen LogP contribution < -0.4 is 5.56 Å². The SMILES string of the molecule is Cc1[nH]n(-c2cccc(S(=O)(=O)O)c2)c(=O)c1N=Nc1cc(Cl)cc(S(=O)(=O)O)c1[OH2+].[Cr]. The molecule has 12 nitrogen and oxygen atoms in total. The topological polar surface area (TPSA) is 194 Å². The molecule has 0 amide bonds. The van der Waals surface area contributed by atoms with E-state index >= 15 is 0 Å². The van der Waals surface area contributed by atoms with Crippen LogP contribution in [0, 0.1) is 6.92 Å². The smallest absolute Gasteiger partial charge is 0.303 e. The number of nitrogens with one attached hydrogen (secondary N) is 1. The number of aromatic amines is 1. The molecule has 3 aromatic rings. The summed E-state index contributed by atoms with van der Waals surface area (Å²) < 4.78 is 64.8. The van der Waals surface area contributed by atoms with Gasteiger partial charge in [-0.3, -0.25) is 19.0 Å². The molecule has 5 N–H and O–H groups in total. The third-order valence-corrected chi connectivity index (χ3v) is 5.94. The van der Waals surface area contributed by atoms with Crippen molar-refractivity contribution in [3.8, 4) is 11.4 Å². The molecule has 3 rings (SSSR count). The molecular weight excluding hydrogens is 528 g/mol. The number of benzene rings is 2. The predicted octanol–water partition coefficient (Wildman–Crippen LogP) is 2.47. The number of hydrogen-bond acceptors (Lipinski definition) is 7. The van der Waals surface area contributed by atoms with Gasteiger partial charge in [0.25, 0.3) is 15.7 Å². The van der Waals surface area contributed by atoms with E-state index in [2.05, 4.69) is 15.3 Å². The zero-order chi connectivity index (χ0) is 23.1. The molecule has 0 aliphatic rings. The van der Waals surface area contributed by atoms with Gasteiger partial charge in [-0.05, 0) is 37.3 Å². The van der Waals surface area contributed by atoms with Crippen molar-refractivity contribution in [3.05, 3.63) is 57.5 Å². The molecule has 1 heterocycles. The van der Waals surface area contributed by atoms with Crippen molar-refractivity contribution in [3.63, 3.8) is 0 Å². The fourth-order valence-electron chi connectivity index (χ4n) is 2.57. The number of aromatic nitrogens is 2. The molecule has 32 heavy (non-hydrogen) atoms. The summed E-state index contributed by atoms with van der Waals surface area (Å²) >= 11 is 5.81. The Balaban J connectivity index is 0.00000363. The van der Waals surface area contributed by atoms with Crippen molar-refractivity contribution in [1.29, 1.82) is 0 Å². The first-order chi connectivity index (χ1) is 14.3. The minimum Gasteiger partial charge on any atom is -0.591 e. The van der Waals surface area contributed by atoms with Crippen LogP contribution in [0.15, 0.2) is 61.2 Å². The van der Waals surface area contributed by atoms with Crippen LogP contribution in [0.3, 0.4) is 0 Å². The first kappa shape index (κ1) is 25.8. The van der Waals surface area contributed by atoms with Gasteiger partial charge in [-0.1, -0.05) is 17.7 Å². The summed E-state index contributed by atoms with van der Waals surface area (Å²) in [6.45, 7) is 1.47. The Labute approximate surface area is 196 Å². The minimum absolute atomic E-state index is 0. The summed E-state index contributed by atoms with van der Waals surface area (Å²) in [5.41, 5.74) is -0.973. The second-order valence-corrected chi connectivity index (χ2v) is 9.42. The monoisotopic (exact) mass is 541 g/mol. The number of azo groups is 1. The fourth-order valence-corrected chi connectivity index (χ4v) is 4.01. The zero-order valence-electron chi connectivity index (χ0n) is 15.8. The van der Waals surface area contributed by atoms with E-state index in [1.54, 1.807) is 0 Å². The van der Waals surface area contributed by atoms with Crippen molar-refractivity contribution in [1.82, 2.24) is 9.78 Å². The molecule has 0 saturated carbocycles. The van der Waals surface area contributed by atoms with Gasteiger partial charge in [-0.2, -0.15) is 16.8 Å². The van der Waals surface area contributed by atoms with E-state index < -0.39 is 41.3 Å². The molecule has 0 aliphatic carbocycles. The molecule has 0 aliphatic heterocycles. The van der Waals surface area contributed by atoms with Gasteiger partial charge in [0.1, 0.15) is 0 Å². The minimum atomic E-state index is -4.74. The molecule has 16 heteroatoms. The normalized spacial score (nSPS) is 12.1. The molecule has 0 bridgehead atoms. The third-order valence-electron chi connectivity index (χ3n) is 4.00. The standard InChI is InChI=1S/C16H13ClN4O8S2.Cr/c1-8-14(19-18-12-5-9(17)6-13(15(12)22)31(27,28)29)16(23)21(20-8)10-3-2-4-11(7-10)30(24,25)26;/h2-7,20,22H,1H3,(H,24,25,26)(H,27,28,29);/p+1. The van der Waals surface area contributed by atoms with Gasteiger partial charge >= 0.3 is 15.9 Å². The third kappa shape index (κ3) is 5.27. The van der Waals surface area contributed by atoms with Crippen LogP contribution in [0.25, 0.3) is 5.69 Å². The van der Waals surface area contributed by atoms with Gasteiger partial charge in [-0.15, -0.1) is 10.2 Å². The molecule has 2 aromatic carbocycles. The van der Waals surface area contributed by atoms with E-state index in [1.165, 1.54) is 19.1 Å². The fraction of sp³-hybridized carbons (Fsp3) is 0.0625.